The molecule has 0 amide bonds. The van der Waals surface area contributed by atoms with Crippen LogP contribution in [0.1, 0.15) is 18.1 Å². The third-order valence-corrected chi connectivity index (χ3v) is 5.31. The Hall–Kier alpha value is -2.35. The summed E-state index contributed by atoms with van der Waals surface area (Å²) in [6, 6.07) is 9.58. The molecule has 0 unspecified atom stereocenters. The smallest absolute Gasteiger partial charge is 0.204 e. The fourth-order valence-electron chi connectivity index (χ4n) is 2.91. The van der Waals surface area contributed by atoms with Gasteiger partial charge in [-0.1, -0.05) is 24.3 Å². The summed E-state index contributed by atoms with van der Waals surface area (Å²) in [5.41, 5.74) is 0.411. The molecule has 0 N–H and O–H groups in total. The van der Waals surface area contributed by atoms with E-state index in [1.807, 2.05) is 6.92 Å². The van der Waals surface area contributed by atoms with Gasteiger partial charge in [-0.2, -0.15) is 26.3 Å². The first-order valence-electron chi connectivity index (χ1n) is 8.58. The predicted molar refractivity (Wildman–Crippen MR) is 101 cm³/mol. The van der Waals surface area contributed by atoms with Gasteiger partial charge in [0.15, 0.2) is 12.4 Å². The summed E-state index contributed by atoms with van der Waals surface area (Å²) in [6.07, 6.45) is -5.48. The number of alkyl halides is 6. The lowest BCUT2D eigenvalue weighted by Crippen LogP contribution is -2.32. The van der Waals surface area contributed by atoms with E-state index in [4.69, 9.17) is 0 Å². The highest BCUT2D eigenvalue weighted by Crippen LogP contribution is 2.38. The molecule has 1 nitrogen and oxygen atoms in total. The quantitative estimate of drug-likeness (QED) is 0.280. The molecule has 0 saturated carbocycles. The van der Waals surface area contributed by atoms with Crippen LogP contribution in [0.4, 0.5) is 26.3 Å². The topological polar surface area (TPSA) is 3.88 Å². The van der Waals surface area contributed by atoms with Gasteiger partial charge in [0.2, 0.25) is 0 Å². The van der Waals surface area contributed by atoms with Crippen LogP contribution in [0.2, 0.25) is 0 Å². The van der Waals surface area contributed by atoms with Crippen LogP contribution in [-0.2, 0) is 18.9 Å². The van der Waals surface area contributed by atoms with Gasteiger partial charge in [0.1, 0.15) is 6.54 Å². The summed E-state index contributed by atoms with van der Waals surface area (Å²) in [5.74, 6) is 0. The lowest BCUT2D eigenvalue weighted by Gasteiger charge is -2.13. The minimum absolute atomic E-state index is 0.350. The summed E-state index contributed by atoms with van der Waals surface area (Å²) >= 11 is 3.43. The van der Waals surface area contributed by atoms with Crippen LogP contribution in [0.3, 0.4) is 0 Å². The zero-order valence-corrected chi connectivity index (χ0v) is 16.7. The zero-order valence-electron chi connectivity index (χ0n) is 15.1. The number of halogens is 7. The van der Waals surface area contributed by atoms with Crippen LogP contribution in [0.15, 0.2) is 65.4 Å². The molecule has 3 aromatic rings. The average molecular weight is 475 g/mol. The first-order chi connectivity index (χ1) is 13.5. The highest BCUT2D eigenvalue weighted by atomic mass is 79.9. The van der Waals surface area contributed by atoms with Gasteiger partial charge < -0.3 is 0 Å². The molecule has 0 aliphatic rings. The Morgan fingerprint density at radius 2 is 1.31 bits per heavy atom. The van der Waals surface area contributed by atoms with Gasteiger partial charge in [-0.05, 0) is 58.2 Å². The molecule has 2 aromatic carbocycles. The fourth-order valence-corrected chi connectivity index (χ4v) is 3.58. The van der Waals surface area contributed by atoms with E-state index in [-0.39, 0.29) is 0 Å². The van der Waals surface area contributed by atoms with E-state index in [1.165, 1.54) is 18.2 Å². The lowest BCUT2D eigenvalue weighted by molar-refractivity contribution is -0.692. The van der Waals surface area contributed by atoms with Crippen molar-refractivity contribution in [3.8, 4) is 22.3 Å². The second kappa shape index (κ2) is 7.82. The first kappa shape index (κ1) is 21.4. The Morgan fingerprint density at radius 1 is 0.759 bits per heavy atom. The molecule has 0 aliphatic carbocycles. The minimum Gasteiger partial charge on any atom is -0.204 e. The molecule has 0 aliphatic heterocycles. The van der Waals surface area contributed by atoms with E-state index in [0.29, 0.717) is 33.3 Å². The molecule has 0 radical (unpaired) electrons. The number of hydrogen-bond acceptors (Lipinski definition) is 0. The van der Waals surface area contributed by atoms with Gasteiger partial charge in [-0.15, -0.1) is 0 Å². The van der Waals surface area contributed by atoms with E-state index < -0.39 is 23.5 Å². The summed E-state index contributed by atoms with van der Waals surface area (Å²) in [6.45, 7) is 2.40. The van der Waals surface area contributed by atoms with Crippen LogP contribution >= 0.6 is 15.9 Å². The van der Waals surface area contributed by atoms with Crippen molar-refractivity contribution in [3.05, 3.63) is 76.5 Å². The lowest BCUT2D eigenvalue weighted by atomic mass is 9.99. The Kier molecular flexibility index (Phi) is 5.76. The second-order valence-corrected chi connectivity index (χ2v) is 7.18. The van der Waals surface area contributed by atoms with Crippen LogP contribution < -0.4 is 4.57 Å². The molecule has 1 aromatic heterocycles. The van der Waals surface area contributed by atoms with E-state index in [0.717, 1.165) is 24.3 Å². The van der Waals surface area contributed by atoms with Crippen molar-refractivity contribution in [1.82, 2.24) is 0 Å². The summed E-state index contributed by atoms with van der Waals surface area (Å²) < 4.78 is 80.1. The highest BCUT2D eigenvalue weighted by Gasteiger charge is 2.31. The summed E-state index contributed by atoms with van der Waals surface area (Å²) in [4.78, 5) is 0. The van der Waals surface area contributed by atoms with Crippen molar-refractivity contribution in [1.29, 1.82) is 0 Å². The Morgan fingerprint density at radius 3 is 1.83 bits per heavy atom. The molecule has 0 spiro atoms. The van der Waals surface area contributed by atoms with Crippen molar-refractivity contribution in [3.63, 3.8) is 0 Å². The number of pyridine rings is 1. The van der Waals surface area contributed by atoms with Gasteiger partial charge in [-0.3, -0.25) is 0 Å². The Bertz CT molecular complexity index is 1020. The van der Waals surface area contributed by atoms with Gasteiger partial charge in [0, 0.05) is 4.47 Å². The molecule has 3 rings (SSSR count). The Balaban J connectivity index is 2.15. The number of aromatic nitrogens is 1. The molecule has 1 heterocycles. The second-order valence-electron chi connectivity index (χ2n) is 6.38. The monoisotopic (exact) mass is 474 g/mol. The number of nitrogens with zero attached hydrogens (tertiary/aromatic N) is 1. The van der Waals surface area contributed by atoms with Crippen LogP contribution in [0.5, 0.6) is 0 Å². The number of rotatable bonds is 3. The summed E-state index contributed by atoms with van der Waals surface area (Å²) in [5, 5.41) is 0. The maximum atomic E-state index is 13.1. The third kappa shape index (κ3) is 4.63. The Labute approximate surface area is 171 Å². The molecular weight excluding hydrogens is 460 g/mol. The zero-order chi connectivity index (χ0) is 21.4. The predicted octanol–water partition coefficient (Wildman–Crippen LogP) is 7.13. The number of benzene rings is 2. The molecule has 152 valence electrons. The number of hydrogen-bond donors (Lipinski definition) is 0. The maximum absolute atomic E-state index is 13.1. The van der Waals surface area contributed by atoms with Crippen molar-refractivity contribution in [2.75, 3.05) is 0 Å². The van der Waals surface area contributed by atoms with E-state index >= 15 is 0 Å². The molecule has 29 heavy (non-hydrogen) atoms. The molecule has 0 fully saturated rings. The van der Waals surface area contributed by atoms with Crippen molar-refractivity contribution >= 4 is 15.9 Å². The molecular formula is C21H15BrF6N+. The van der Waals surface area contributed by atoms with Crippen molar-refractivity contribution in [2.24, 2.45) is 0 Å². The van der Waals surface area contributed by atoms with Crippen LogP contribution in [-0.4, -0.2) is 0 Å². The van der Waals surface area contributed by atoms with E-state index in [9.17, 15) is 26.3 Å². The molecule has 0 atom stereocenters. The van der Waals surface area contributed by atoms with Crippen LogP contribution in [0.25, 0.3) is 22.3 Å². The van der Waals surface area contributed by atoms with Gasteiger partial charge in [0.05, 0.1) is 22.3 Å². The fraction of sp³-hybridized carbons (Fsp3) is 0.190. The standard InChI is InChI=1S/C21H15BrF6N/c1-2-29-11-17(13-6-8-15(9-7-13)20(23,24)25)19(22)18(12-29)14-4-3-5-16(10-14)21(26,27)28/h3-12H,2H2,1H3/q+1. The number of aryl methyl sites for hydroxylation is 1. The minimum atomic E-state index is -4.48. The van der Waals surface area contributed by atoms with Gasteiger partial charge in [0.25, 0.3) is 0 Å². The van der Waals surface area contributed by atoms with E-state index in [1.54, 1.807) is 23.0 Å². The average Bonchev–Trinajstić information content (AvgIpc) is 2.67. The SMILES string of the molecule is CC[n+]1cc(-c2ccc(C(F)(F)F)cc2)c(Br)c(-c2cccc(C(F)(F)F)c2)c1. The largest absolute Gasteiger partial charge is 0.416 e. The van der Waals surface area contributed by atoms with Gasteiger partial charge in [-0.25, -0.2) is 4.57 Å². The maximum Gasteiger partial charge on any atom is 0.416 e. The molecule has 0 bridgehead atoms. The van der Waals surface area contributed by atoms with Gasteiger partial charge >= 0.3 is 12.4 Å². The highest BCUT2D eigenvalue weighted by molar-refractivity contribution is 9.10. The molecule has 0 saturated heterocycles. The molecule has 8 heteroatoms. The first-order valence-corrected chi connectivity index (χ1v) is 9.38. The summed E-state index contributed by atoms with van der Waals surface area (Å²) in [7, 11) is 0. The van der Waals surface area contributed by atoms with E-state index in [2.05, 4.69) is 15.9 Å². The van der Waals surface area contributed by atoms with Crippen molar-refractivity contribution in [2.45, 2.75) is 25.8 Å². The van der Waals surface area contributed by atoms with Crippen LogP contribution in [0, 0.1) is 0 Å². The van der Waals surface area contributed by atoms with Crippen molar-refractivity contribution < 1.29 is 30.9 Å². The normalized spacial score (nSPS) is 12.3. The third-order valence-electron chi connectivity index (χ3n) is 4.45.